The monoisotopic (exact) mass is 431 g/mol. The highest BCUT2D eigenvalue weighted by Gasteiger charge is 2.55. The Balaban J connectivity index is 2.74. The Morgan fingerprint density at radius 1 is 1.35 bits per heavy atom. The third-order valence-electron chi connectivity index (χ3n) is 4.95. The second kappa shape index (κ2) is 6.77. The van der Waals surface area contributed by atoms with E-state index in [0.717, 1.165) is 0 Å². The van der Waals surface area contributed by atoms with Gasteiger partial charge in [0.05, 0.1) is 21.8 Å². The minimum atomic E-state index is -1.07. The van der Waals surface area contributed by atoms with E-state index in [2.05, 4.69) is 15.9 Å². The van der Waals surface area contributed by atoms with Gasteiger partial charge in [0.2, 0.25) is 0 Å². The molecule has 0 bridgehead atoms. The maximum atomic E-state index is 14.3. The standard InChI is InChI=1S/C19H27BrFNO4/c1-17(2,3)26-16(25)22-14-10-13(21)12(20)9-11(14)19(6,7-8-23)15(24)18(22,4)5/h9-10,15,23-24H,7-8H2,1-6H3. The molecule has 2 N–H and O–H groups in total. The zero-order valence-corrected chi connectivity index (χ0v) is 17.6. The van der Waals surface area contributed by atoms with Crippen molar-refractivity contribution in [3.8, 4) is 0 Å². The zero-order valence-electron chi connectivity index (χ0n) is 16.1. The Morgan fingerprint density at radius 2 is 1.92 bits per heavy atom. The summed E-state index contributed by atoms with van der Waals surface area (Å²) in [4.78, 5) is 14.2. The van der Waals surface area contributed by atoms with Crippen molar-refractivity contribution in [2.45, 2.75) is 70.6 Å². The molecule has 1 aliphatic rings. The van der Waals surface area contributed by atoms with Crippen LogP contribution in [-0.4, -0.2) is 40.2 Å². The zero-order chi connectivity index (χ0) is 20.1. The molecule has 146 valence electrons. The van der Waals surface area contributed by atoms with Crippen LogP contribution >= 0.6 is 15.9 Å². The van der Waals surface area contributed by atoms with Gasteiger partial charge in [-0.2, -0.15) is 0 Å². The van der Waals surface area contributed by atoms with Crippen molar-refractivity contribution in [3.05, 3.63) is 28.0 Å². The van der Waals surface area contributed by atoms with Gasteiger partial charge < -0.3 is 14.9 Å². The number of nitrogens with zero attached hydrogens (tertiary/aromatic N) is 1. The molecule has 0 saturated carbocycles. The molecular formula is C19H27BrFNO4. The van der Waals surface area contributed by atoms with E-state index in [1.807, 2.05) is 6.92 Å². The first-order chi connectivity index (χ1) is 11.8. The van der Waals surface area contributed by atoms with Gasteiger partial charge in [0, 0.05) is 12.0 Å². The van der Waals surface area contributed by atoms with Crippen molar-refractivity contribution in [3.63, 3.8) is 0 Å². The van der Waals surface area contributed by atoms with Crippen LogP contribution in [0.3, 0.4) is 0 Å². The number of carbonyl (C=O) groups excluding carboxylic acids is 1. The summed E-state index contributed by atoms with van der Waals surface area (Å²) in [6.07, 6.45) is -1.39. The van der Waals surface area contributed by atoms with Gasteiger partial charge in [0.1, 0.15) is 11.4 Å². The van der Waals surface area contributed by atoms with E-state index >= 15 is 0 Å². The van der Waals surface area contributed by atoms with Crippen LogP contribution in [0.2, 0.25) is 0 Å². The number of fused-ring (bicyclic) bond motifs is 1. The quantitative estimate of drug-likeness (QED) is 0.738. The Morgan fingerprint density at radius 3 is 2.42 bits per heavy atom. The van der Waals surface area contributed by atoms with Crippen molar-refractivity contribution < 1.29 is 24.1 Å². The number of hydrogen-bond acceptors (Lipinski definition) is 4. The van der Waals surface area contributed by atoms with E-state index in [1.54, 1.807) is 40.7 Å². The Bertz CT molecular complexity index is 716. The molecule has 2 unspecified atom stereocenters. The molecule has 5 nitrogen and oxygen atoms in total. The van der Waals surface area contributed by atoms with E-state index in [4.69, 9.17) is 4.74 Å². The third-order valence-corrected chi connectivity index (χ3v) is 5.56. The molecule has 0 aliphatic carbocycles. The van der Waals surface area contributed by atoms with Crippen molar-refractivity contribution in [1.82, 2.24) is 0 Å². The minimum Gasteiger partial charge on any atom is -0.443 e. The first-order valence-electron chi connectivity index (χ1n) is 8.57. The van der Waals surface area contributed by atoms with Crippen molar-refractivity contribution >= 4 is 27.7 Å². The molecule has 1 amide bonds. The average molecular weight is 432 g/mol. The molecule has 0 fully saturated rings. The molecule has 1 aliphatic heterocycles. The molecule has 2 atom stereocenters. The second-order valence-corrected chi connectivity index (χ2v) is 9.40. The average Bonchev–Trinajstić information content (AvgIpc) is 2.46. The van der Waals surface area contributed by atoms with E-state index in [9.17, 15) is 19.4 Å². The van der Waals surface area contributed by atoms with Crippen LogP contribution in [0.15, 0.2) is 16.6 Å². The Labute approximate surface area is 162 Å². The third kappa shape index (κ3) is 3.49. The summed E-state index contributed by atoms with van der Waals surface area (Å²) in [7, 11) is 0. The predicted octanol–water partition coefficient (Wildman–Crippen LogP) is 4.12. The number of halogens is 2. The van der Waals surface area contributed by atoms with E-state index < -0.39 is 34.6 Å². The number of rotatable bonds is 2. The molecule has 0 spiro atoms. The van der Waals surface area contributed by atoms with Gasteiger partial charge in [-0.3, -0.25) is 4.90 Å². The van der Waals surface area contributed by atoms with Crippen molar-refractivity contribution in [2.24, 2.45) is 0 Å². The van der Waals surface area contributed by atoms with Crippen LogP contribution < -0.4 is 4.90 Å². The van der Waals surface area contributed by atoms with Crippen LogP contribution in [0.4, 0.5) is 14.9 Å². The van der Waals surface area contributed by atoms with E-state index in [0.29, 0.717) is 11.3 Å². The van der Waals surface area contributed by atoms with Crippen LogP contribution in [0.5, 0.6) is 0 Å². The summed E-state index contributed by atoms with van der Waals surface area (Å²) in [6.45, 7) is 10.3. The van der Waals surface area contributed by atoms with Gasteiger partial charge >= 0.3 is 6.09 Å². The molecule has 26 heavy (non-hydrogen) atoms. The van der Waals surface area contributed by atoms with Gasteiger partial charge in [0.25, 0.3) is 0 Å². The number of hydrogen-bond donors (Lipinski definition) is 2. The lowest BCUT2D eigenvalue weighted by Gasteiger charge is -2.54. The number of amides is 1. The van der Waals surface area contributed by atoms with Crippen molar-refractivity contribution in [1.29, 1.82) is 0 Å². The molecule has 1 aromatic rings. The summed E-state index contributed by atoms with van der Waals surface area (Å²) in [5.41, 5.74) is -1.75. The summed E-state index contributed by atoms with van der Waals surface area (Å²) >= 11 is 3.18. The molecule has 1 heterocycles. The Kier molecular flexibility index (Phi) is 5.50. The fourth-order valence-electron chi connectivity index (χ4n) is 3.68. The fourth-order valence-corrected chi connectivity index (χ4v) is 4.03. The normalized spacial score (nSPS) is 25.0. The largest absolute Gasteiger partial charge is 0.443 e. The van der Waals surface area contributed by atoms with Crippen LogP contribution in [0.1, 0.15) is 53.5 Å². The number of ether oxygens (including phenoxy) is 1. The second-order valence-electron chi connectivity index (χ2n) is 8.55. The molecule has 0 radical (unpaired) electrons. The van der Waals surface area contributed by atoms with Crippen LogP contribution in [-0.2, 0) is 10.2 Å². The molecule has 2 rings (SSSR count). The number of carbonyl (C=O) groups is 1. The first-order valence-corrected chi connectivity index (χ1v) is 9.36. The topological polar surface area (TPSA) is 70.0 Å². The van der Waals surface area contributed by atoms with Gasteiger partial charge in [-0.1, -0.05) is 6.92 Å². The minimum absolute atomic E-state index is 0.148. The van der Waals surface area contributed by atoms with Crippen LogP contribution in [0.25, 0.3) is 0 Å². The van der Waals surface area contributed by atoms with Gasteiger partial charge in [-0.05, 0) is 74.7 Å². The lowest BCUT2D eigenvalue weighted by molar-refractivity contribution is -0.0000219. The van der Waals surface area contributed by atoms with Gasteiger partial charge in [-0.15, -0.1) is 0 Å². The number of aliphatic hydroxyl groups excluding tert-OH is 2. The smallest absolute Gasteiger partial charge is 0.415 e. The molecule has 7 heteroatoms. The maximum Gasteiger partial charge on any atom is 0.415 e. The predicted molar refractivity (Wildman–Crippen MR) is 102 cm³/mol. The molecular weight excluding hydrogens is 405 g/mol. The number of benzene rings is 1. The lowest BCUT2D eigenvalue weighted by Crippen LogP contribution is -2.65. The fraction of sp³-hybridized carbons (Fsp3) is 0.632. The maximum absolute atomic E-state index is 14.3. The van der Waals surface area contributed by atoms with Gasteiger partial charge in [0.15, 0.2) is 0 Å². The van der Waals surface area contributed by atoms with Gasteiger partial charge in [-0.25, -0.2) is 9.18 Å². The first kappa shape index (κ1) is 21.1. The number of anilines is 1. The molecule has 1 aromatic carbocycles. The molecule has 0 aromatic heterocycles. The number of aliphatic hydroxyl groups is 2. The summed E-state index contributed by atoms with van der Waals surface area (Å²) in [5, 5.41) is 20.7. The van der Waals surface area contributed by atoms with E-state index in [1.165, 1.54) is 11.0 Å². The Hall–Kier alpha value is -1.18. The summed E-state index contributed by atoms with van der Waals surface area (Å²) < 4.78 is 20.1. The summed E-state index contributed by atoms with van der Waals surface area (Å²) in [6, 6.07) is 2.84. The molecule has 0 saturated heterocycles. The van der Waals surface area contributed by atoms with Crippen LogP contribution in [0, 0.1) is 5.82 Å². The highest BCUT2D eigenvalue weighted by Crippen LogP contribution is 2.50. The SMILES string of the molecule is CC(C)(C)OC(=O)N1c2cc(F)c(Br)cc2C(C)(CCO)C(O)C1(C)C. The van der Waals surface area contributed by atoms with E-state index in [-0.39, 0.29) is 17.5 Å². The highest BCUT2D eigenvalue weighted by atomic mass is 79.9. The summed E-state index contributed by atoms with van der Waals surface area (Å²) in [5.74, 6) is -0.518. The highest BCUT2D eigenvalue weighted by molar-refractivity contribution is 9.10. The lowest BCUT2D eigenvalue weighted by atomic mass is 9.65. The van der Waals surface area contributed by atoms with Crippen molar-refractivity contribution in [2.75, 3.05) is 11.5 Å².